The zero-order valence-electron chi connectivity index (χ0n) is 17.0. The Bertz CT molecular complexity index is 1170. The fourth-order valence-corrected chi connectivity index (χ4v) is 3.77. The van der Waals surface area contributed by atoms with Crippen LogP contribution in [0.15, 0.2) is 85.7 Å². The summed E-state index contributed by atoms with van der Waals surface area (Å²) >= 11 is 0. The van der Waals surface area contributed by atoms with Crippen molar-refractivity contribution in [3.63, 3.8) is 0 Å². The molecule has 0 aliphatic rings. The van der Waals surface area contributed by atoms with Crippen molar-refractivity contribution in [1.29, 1.82) is 0 Å². The molecule has 1 aromatic carbocycles. The molecule has 4 heterocycles. The molecular weight excluding hydrogens is 392 g/mol. The molecule has 0 aliphatic heterocycles. The first kappa shape index (κ1) is 19.0. The molecule has 5 aromatic rings. The maximum Gasteiger partial charge on any atom is 0.173 e. The van der Waals surface area contributed by atoms with Gasteiger partial charge in [-0.25, -0.2) is 9.36 Å². The van der Waals surface area contributed by atoms with Gasteiger partial charge in [0.05, 0.1) is 11.4 Å². The van der Waals surface area contributed by atoms with Crippen LogP contribution in [0.25, 0.3) is 0 Å². The quantitative estimate of drug-likeness (QED) is 0.440. The minimum absolute atomic E-state index is 0.372. The van der Waals surface area contributed by atoms with Crippen LogP contribution < -0.4 is 0 Å². The number of benzene rings is 1. The number of aryl methyl sites for hydroxylation is 1. The number of aromatic nitrogens is 8. The summed E-state index contributed by atoms with van der Waals surface area (Å²) in [5.41, 5.74) is 1.59. The molecule has 0 atom stereocenters. The van der Waals surface area contributed by atoms with Crippen LogP contribution >= 0.6 is 0 Å². The Hall–Kier alpha value is -3.98. The molecule has 9 nitrogen and oxygen atoms in total. The van der Waals surface area contributed by atoms with Gasteiger partial charge < -0.3 is 5.11 Å². The lowest BCUT2D eigenvalue weighted by atomic mass is 9.86. The van der Waals surface area contributed by atoms with Crippen LogP contribution in [0.2, 0.25) is 0 Å². The Morgan fingerprint density at radius 3 is 1.68 bits per heavy atom. The molecule has 0 radical (unpaired) electrons. The molecule has 4 aromatic heterocycles. The van der Waals surface area contributed by atoms with Crippen LogP contribution in [0.5, 0.6) is 0 Å². The van der Waals surface area contributed by atoms with E-state index in [1.807, 2.05) is 67.8 Å². The molecule has 0 fully saturated rings. The predicted molar refractivity (Wildman–Crippen MR) is 113 cm³/mol. The predicted octanol–water partition coefficient (Wildman–Crippen LogP) is 2.08. The first-order valence-corrected chi connectivity index (χ1v) is 9.93. The summed E-state index contributed by atoms with van der Waals surface area (Å²) in [7, 11) is 0. The van der Waals surface area contributed by atoms with Gasteiger partial charge in [-0.15, -0.1) is 0 Å². The van der Waals surface area contributed by atoms with Crippen molar-refractivity contribution in [3.8, 4) is 0 Å². The van der Waals surface area contributed by atoms with E-state index in [0.717, 1.165) is 11.1 Å². The molecule has 0 amide bonds. The zero-order valence-corrected chi connectivity index (χ0v) is 17.0. The average molecular weight is 414 g/mol. The highest BCUT2D eigenvalue weighted by Gasteiger charge is 2.40. The van der Waals surface area contributed by atoms with Crippen LogP contribution in [0.4, 0.5) is 0 Å². The lowest BCUT2D eigenvalue weighted by Gasteiger charge is -2.30. The van der Waals surface area contributed by atoms with Crippen molar-refractivity contribution in [3.05, 3.63) is 108 Å². The number of hydrogen-bond donors (Lipinski definition) is 1. The topological polar surface area (TPSA) is 91.5 Å². The van der Waals surface area contributed by atoms with Crippen molar-refractivity contribution in [2.45, 2.75) is 25.9 Å². The van der Waals surface area contributed by atoms with Gasteiger partial charge in [-0.1, -0.05) is 29.8 Å². The summed E-state index contributed by atoms with van der Waals surface area (Å²) in [4.78, 5) is 0. The Morgan fingerprint density at radius 1 is 0.710 bits per heavy atom. The molecule has 156 valence electrons. The smallest absolute Gasteiger partial charge is 0.173 e. The second kappa shape index (κ2) is 7.69. The molecule has 1 N–H and O–H groups in total. The molecule has 5 rings (SSSR count). The second-order valence-corrected chi connectivity index (χ2v) is 7.38. The van der Waals surface area contributed by atoms with Crippen LogP contribution in [0.3, 0.4) is 0 Å². The van der Waals surface area contributed by atoms with Crippen molar-refractivity contribution in [2.75, 3.05) is 0 Å². The van der Waals surface area contributed by atoms with Crippen LogP contribution in [0, 0.1) is 6.92 Å². The number of hydrogen-bond acceptors (Lipinski definition) is 5. The van der Waals surface area contributed by atoms with E-state index in [4.69, 9.17) is 0 Å². The third-order valence-corrected chi connectivity index (χ3v) is 5.32. The zero-order chi connectivity index (χ0) is 21.3. The molecule has 0 spiro atoms. The molecule has 9 heteroatoms. The summed E-state index contributed by atoms with van der Waals surface area (Å²) in [5, 5.41) is 29.8. The van der Waals surface area contributed by atoms with Crippen LogP contribution in [-0.4, -0.2) is 44.2 Å². The summed E-state index contributed by atoms with van der Waals surface area (Å²) in [6, 6.07) is 15.2. The van der Waals surface area contributed by atoms with E-state index < -0.39 is 5.60 Å². The highest BCUT2D eigenvalue weighted by atomic mass is 16.3. The van der Waals surface area contributed by atoms with Crippen molar-refractivity contribution >= 4 is 0 Å². The molecule has 0 aliphatic carbocycles. The van der Waals surface area contributed by atoms with Gasteiger partial charge in [0.2, 0.25) is 0 Å². The normalized spacial score (nSPS) is 11.8. The van der Waals surface area contributed by atoms with Gasteiger partial charge in [0, 0.05) is 37.2 Å². The summed E-state index contributed by atoms with van der Waals surface area (Å²) in [6.07, 6.45) is 10.5. The van der Waals surface area contributed by atoms with Gasteiger partial charge in [0.25, 0.3) is 0 Å². The van der Waals surface area contributed by atoms with Crippen molar-refractivity contribution in [2.24, 2.45) is 0 Å². The SMILES string of the molecule is Cc1ccc(C(O)(c2ccnn2Cn2cccn2)c2ccnn2Cn2cccn2)cc1. The lowest BCUT2D eigenvalue weighted by Crippen LogP contribution is -2.36. The van der Waals surface area contributed by atoms with Gasteiger partial charge in [-0.3, -0.25) is 9.36 Å². The van der Waals surface area contributed by atoms with Gasteiger partial charge in [-0.05, 0) is 36.8 Å². The largest absolute Gasteiger partial charge is 0.373 e. The molecule has 0 unspecified atom stereocenters. The van der Waals surface area contributed by atoms with E-state index in [0.29, 0.717) is 24.7 Å². The molecular formula is C22H22N8O. The Labute approximate surface area is 178 Å². The Morgan fingerprint density at radius 2 is 1.23 bits per heavy atom. The highest BCUT2D eigenvalue weighted by molar-refractivity contribution is 5.42. The highest BCUT2D eigenvalue weighted by Crippen LogP contribution is 2.36. The third-order valence-electron chi connectivity index (χ3n) is 5.32. The van der Waals surface area contributed by atoms with Gasteiger partial charge in [0.15, 0.2) is 5.60 Å². The van der Waals surface area contributed by atoms with E-state index in [2.05, 4.69) is 20.4 Å². The van der Waals surface area contributed by atoms with Crippen molar-refractivity contribution in [1.82, 2.24) is 39.1 Å². The minimum atomic E-state index is -1.49. The van der Waals surface area contributed by atoms with Crippen LogP contribution in [0.1, 0.15) is 22.5 Å². The lowest BCUT2D eigenvalue weighted by molar-refractivity contribution is 0.102. The number of nitrogens with zero attached hydrogens (tertiary/aromatic N) is 8. The molecule has 0 bridgehead atoms. The average Bonchev–Trinajstić information content (AvgIpc) is 3.57. The van der Waals surface area contributed by atoms with Crippen LogP contribution in [-0.2, 0) is 18.9 Å². The van der Waals surface area contributed by atoms with E-state index in [-0.39, 0.29) is 0 Å². The summed E-state index contributed by atoms with van der Waals surface area (Å²) in [5.74, 6) is 0. The van der Waals surface area contributed by atoms with Gasteiger partial charge >= 0.3 is 0 Å². The maximum atomic E-state index is 12.3. The number of aliphatic hydroxyl groups is 1. The molecule has 31 heavy (non-hydrogen) atoms. The molecule has 0 saturated heterocycles. The first-order valence-electron chi connectivity index (χ1n) is 9.93. The monoisotopic (exact) mass is 414 g/mol. The van der Waals surface area contributed by atoms with E-state index in [1.54, 1.807) is 43.5 Å². The fourth-order valence-electron chi connectivity index (χ4n) is 3.77. The first-order chi connectivity index (χ1) is 15.1. The standard InChI is InChI=1S/C22H22N8O/c1-18-4-6-19(7-5-18)22(31,20-8-12-25-29(20)16-27-14-2-10-23-27)21-9-13-26-30(21)17-28-15-3-11-24-28/h2-15,31H,16-17H2,1H3. The summed E-state index contributed by atoms with van der Waals surface area (Å²) in [6.45, 7) is 2.76. The van der Waals surface area contributed by atoms with Gasteiger partial charge in [0.1, 0.15) is 13.3 Å². The van der Waals surface area contributed by atoms with E-state index in [1.165, 1.54) is 0 Å². The molecule has 0 saturated carbocycles. The van der Waals surface area contributed by atoms with E-state index >= 15 is 0 Å². The van der Waals surface area contributed by atoms with E-state index in [9.17, 15) is 5.11 Å². The number of rotatable bonds is 7. The Kier molecular flexibility index (Phi) is 4.72. The Balaban J connectivity index is 1.65. The van der Waals surface area contributed by atoms with Crippen molar-refractivity contribution < 1.29 is 5.11 Å². The second-order valence-electron chi connectivity index (χ2n) is 7.38. The maximum absolute atomic E-state index is 12.3. The summed E-state index contributed by atoms with van der Waals surface area (Å²) < 4.78 is 7.01. The van der Waals surface area contributed by atoms with Gasteiger partial charge in [-0.2, -0.15) is 20.4 Å². The minimum Gasteiger partial charge on any atom is -0.373 e. The fraction of sp³-hybridized carbons (Fsp3) is 0.182. The third kappa shape index (κ3) is 3.44.